The summed E-state index contributed by atoms with van der Waals surface area (Å²) in [5.74, 6) is -0.108. The number of hydrogen-bond donors (Lipinski definition) is 3. The average molecular weight is 667 g/mol. The third-order valence-corrected chi connectivity index (χ3v) is 9.14. The number of methoxy groups -OCH3 is 1. The molecular formula is C32H39N6O8P. The number of aromatic nitrogens is 2. The van der Waals surface area contributed by atoms with E-state index in [1.165, 1.54) is 23.1 Å². The van der Waals surface area contributed by atoms with Crippen molar-refractivity contribution in [2.75, 3.05) is 57.9 Å². The molecule has 1 aromatic heterocycles. The van der Waals surface area contributed by atoms with Crippen LogP contribution in [0.5, 0.6) is 0 Å². The molecule has 0 unspecified atom stereocenters. The minimum atomic E-state index is -4.56. The van der Waals surface area contributed by atoms with Crippen molar-refractivity contribution < 1.29 is 38.2 Å². The molecule has 15 heteroatoms. The lowest BCUT2D eigenvalue weighted by Gasteiger charge is -2.36. The number of rotatable bonds is 10. The monoisotopic (exact) mass is 666 g/mol. The van der Waals surface area contributed by atoms with Crippen molar-refractivity contribution in [3.8, 4) is 11.4 Å². The van der Waals surface area contributed by atoms with E-state index >= 15 is 0 Å². The Balaban J connectivity index is 1.43. The quantitative estimate of drug-likeness (QED) is 0.269. The molecular weight excluding hydrogens is 627 g/mol. The molecule has 0 aliphatic carbocycles. The molecule has 3 heterocycles. The molecule has 0 radical (unpaired) electrons. The molecule has 47 heavy (non-hydrogen) atoms. The zero-order valence-electron chi connectivity index (χ0n) is 26.3. The van der Waals surface area contributed by atoms with Crippen molar-refractivity contribution in [2.45, 2.75) is 31.9 Å². The summed E-state index contributed by atoms with van der Waals surface area (Å²) in [5, 5.41) is 2.65. The van der Waals surface area contributed by atoms with E-state index < -0.39 is 31.5 Å². The Morgan fingerprint density at radius 1 is 0.979 bits per heavy atom. The number of nitrogens with one attached hydrogen (secondary N) is 1. The Bertz CT molecular complexity index is 1630. The van der Waals surface area contributed by atoms with E-state index in [-0.39, 0.29) is 56.3 Å². The minimum Gasteiger partial charge on any atom is -0.450 e. The lowest BCUT2D eigenvalue weighted by Crippen LogP contribution is -2.56. The number of ether oxygens (including phenoxy) is 2. The zero-order chi connectivity index (χ0) is 33.6. The maximum absolute atomic E-state index is 14.0. The Labute approximate surface area is 272 Å². The zero-order valence-corrected chi connectivity index (χ0v) is 27.2. The first-order valence-electron chi connectivity index (χ1n) is 15.4. The second kappa shape index (κ2) is 15.0. The van der Waals surface area contributed by atoms with Gasteiger partial charge in [-0.1, -0.05) is 42.5 Å². The molecule has 2 aliphatic rings. The molecule has 14 nitrogen and oxygen atoms in total. The summed E-state index contributed by atoms with van der Waals surface area (Å²) in [6.07, 6.45) is 0.331. The molecule has 3 N–H and O–H groups in total. The van der Waals surface area contributed by atoms with Gasteiger partial charge in [-0.05, 0) is 31.0 Å². The minimum absolute atomic E-state index is 0.0256. The van der Waals surface area contributed by atoms with Crippen LogP contribution < -0.4 is 15.5 Å². The summed E-state index contributed by atoms with van der Waals surface area (Å²) in [7, 11) is -2.90. The van der Waals surface area contributed by atoms with Gasteiger partial charge in [-0.3, -0.25) is 14.2 Å². The van der Waals surface area contributed by atoms with Crippen LogP contribution in [-0.4, -0.2) is 113 Å². The van der Waals surface area contributed by atoms with E-state index in [4.69, 9.17) is 14.5 Å². The number of nitrogens with zero attached hydrogens (tertiary/aromatic N) is 5. The van der Waals surface area contributed by atoms with Gasteiger partial charge in [0.2, 0.25) is 5.91 Å². The summed E-state index contributed by atoms with van der Waals surface area (Å²) >= 11 is 0. The van der Waals surface area contributed by atoms with E-state index in [0.717, 1.165) is 6.42 Å². The number of hydrogen-bond acceptors (Lipinski definition) is 9. The van der Waals surface area contributed by atoms with Crippen molar-refractivity contribution in [2.24, 2.45) is 0 Å². The smallest absolute Gasteiger partial charge is 0.409 e. The van der Waals surface area contributed by atoms with Crippen LogP contribution in [0.15, 0.2) is 60.7 Å². The van der Waals surface area contributed by atoms with Crippen LogP contribution in [0.1, 0.15) is 29.4 Å². The van der Waals surface area contributed by atoms with Crippen molar-refractivity contribution in [1.82, 2.24) is 25.1 Å². The lowest BCUT2D eigenvalue weighted by molar-refractivity contribution is -0.134. The van der Waals surface area contributed by atoms with E-state index in [1.807, 2.05) is 35.2 Å². The first-order chi connectivity index (χ1) is 22.5. The largest absolute Gasteiger partial charge is 0.450 e. The number of amides is 3. The molecule has 5 rings (SSSR count). The molecule has 2 aromatic carbocycles. The summed E-state index contributed by atoms with van der Waals surface area (Å²) in [5.41, 5.74) is 1.22. The van der Waals surface area contributed by atoms with E-state index in [0.29, 0.717) is 35.9 Å². The molecule has 250 valence electrons. The van der Waals surface area contributed by atoms with Crippen molar-refractivity contribution in [1.29, 1.82) is 0 Å². The highest BCUT2D eigenvalue weighted by molar-refractivity contribution is 7.60. The summed E-state index contributed by atoms with van der Waals surface area (Å²) in [4.78, 5) is 74.0. The highest BCUT2D eigenvalue weighted by Gasteiger charge is 2.32. The van der Waals surface area contributed by atoms with Gasteiger partial charge >= 0.3 is 13.7 Å². The molecule has 0 bridgehead atoms. The highest BCUT2D eigenvalue weighted by atomic mass is 31.2. The lowest BCUT2D eigenvalue weighted by atomic mass is 10.0. The topological polar surface area (TPSA) is 175 Å². The first-order valence-corrected chi connectivity index (χ1v) is 17.1. The summed E-state index contributed by atoms with van der Waals surface area (Å²) in [6, 6.07) is 15.5. The van der Waals surface area contributed by atoms with Gasteiger partial charge in [0, 0.05) is 64.4 Å². The van der Waals surface area contributed by atoms with Crippen LogP contribution in [-0.2, 0) is 25.3 Å². The fourth-order valence-electron chi connectivity index (χ4n) is 5.63. The van der Waals surface area contributed by atoms with E-state index in [2.05, 4.69) is 10.3 Å². The highest BCUT2D eigenvalue weighted by Crippen LogP contribution is 2.33. The second-order valence-electron chi connectivity index (χ2n) is 11.3. The molecule has 2 aliphatic heterocycles. The van der Waals surface area contributed by atoms with Crippen LogP contribution in [0.25, 0.3) is 11.4 Å². The SMILES string of the molecule is CCOC(=O)N1CCN(C(=O)[C@H](Cc2cccc(P(=O)(O)O)c2)NC(=O)c2cc(N3CC[C@H](OC)C3)nc(-c3ccccc3)n2)CC1. The van der Waals surface area contributed by atoms with Crippen LogP contribution >= 0.6 is 7.60 Å². The fraction of sp³-hybridized carbons (Fsp3) is 0.406. The molecule has 0 spiro atoms. The molecule has 2 atom stereocenters. The van der Waals surface area contributed by atoms with Gasteiger partial charge in [0.05, 0.1) is 18.0 Å². The molecule has 0 saturated carbocycles. The molecule has 2 fully saturated rings. The van der Waals surface area contributed by atoms with Crippen LogP contribution in [0.2, 0.25) is 0 Å². The fourth-order valence-corrected chi connectivity index (χ4v) is 6.25. The second-order valence-corrected chi connectivity index (χ2v) is 13.0. The molecule has 3 amide bonds. The maximum atomic E-state index is 14.0. The van der Waals surface area contributed by atoms with Gasteiger partial charge in [0.1, 0.15) is 17.6 Å². The van der Waals surface area contributed by atoms with Gasteiger partial charge in [-0.25, -0.2) is 14.8 Å². The standard InChI is InChI=1S/C32H39N6O8P/c1-3-46-32(41)37-16-14-36(15-17-37)31(40)27(19-22-8-7-11-25(18-22)47(42,43)44)34-30(39)26-20-28(38-13-12-24(21-38)45-2)35-29(33-26)23-9-5-4-6-10-23/h4-11,18,20,24,27H,3,12-17,19,21H2,1-2H3,(H,34,39)(H2,42,43,44)/t24-,27-/m0/s1. The van der Waals surface area contributed by atoms with Gasteiger partial charge in [0.15, 0.2) is 5.82 Å². The van der Waals surface area contributed by atoms with Gasteiger partial charge in [0.25, 0.3) is 5.91 Å². The Morgan fingerprint density at radius 2 is 1.70 bits per heavy atom. The Morgan fingerprint density at radius 3 is 2.36 bits per heavy atom. The van der Waals surface area contributed by atoms with Gasteiger partial charge < -0.3 is 39.3 Å². The van der Waals surface area contributed by atoms with Crippen molar-refractivity contribution in [3.05, 3.63) is 71.9 Å². The first kappa shape index (κ1) is 34.0. The van der Waals surface area contributed by atoms with Crippen molar-refractivity contribution in [3.63, 3.8) is 0 Å². The van der Waals surface area contributed by atoms with Crippen molar-refractivity contribution >= 4 is 36.6 Å². The third kappa shape index (κ3) is 8.52. The van der Waals surface area contributed by atoms with Crippen LogP contribution in [0, 0.1) is 0 Å². The van der Waals surface area contributed by atoms with Crippen LogP contribution in [0.4, 0.5) is 10.6 Å². The Hall–Kier alpha value is -4.36. The number of benzene rings is 2. The number of carbonyl (C=O) groups excluding carboxylic acids is 3. The van der Waals surface area contributed by atoms with Gasteiger partial charge in [-0.15, -0.1) is 0 Å². The van der Waals surface area contributed by atoms with Crippen LogP contribution in [0.3, 0.4) is 0 Å². The predicted octanol–water partition coefficient (Wildman–Crippen LogP) is 1.81. The van der Waals surface area contributed by atoms with Gasteiger partial charge in [-0.2, -0.15) is 0 Å². The number of anilines is 1. The number of piperazine rings is 1. The maximum Gasteiger partial charge on any atom is 0.409 e. The molecule has 3 aromatic rings. The summed E-state index contributed by atoms with van der Waals surface area (Å²) < 4.78 is 22.6. The predicted molar refractivity (Wildman–Crippen MR) is 173 cm³/mol. The normalized spacial score (nSPS) is 17.4. The molecule has 2 saturated heterocycles. The summed E-state index contributed by atoms with van der Waals surface area (Å²) in [6.45, 7) is 4.19. The van der Waals surface area contributed by atoms with E-state index in [9.17, 15) is 28.7 Å². The van der Waals surface area contributed by atoms with E-state index in [1.54, 1.807) is 31.1 Å². The third-order valence-electron chi connectivity index (χ3n) is 8.19. The Kier molecular flexibility index (Phi) is 10.9. The number of carbonyl (C=O) groups is 3. The average Bonchev–Trinajstić information content (AvgIpc) is 3.57.